The lowest BCUT2D eigenvalue weighted by molar-refractivity contribution is -0.138. The summed E-state index contributed by atoms with van der Waals surface area (Å²) in [7, 11) is 4.20. The number of fused-ring (bicyclic) bond motifs is 1. The van der Waals surface area contributed by atoms with E-state index in [0.29, 0.717) is 31.5 Å². The molecule has 42 heavy (non-hydrogen) atoms. The molecule has 0 saturated carbocycles. The van der Waals surface area contributed by atoms with Crippen LogP contribution in [0.1, 0.15) is 37.0 Å². The largest absolute Gasteiger partial charge is 0.369 e. The zero-order valence-corrected chi connectivity index (χ0v) is 25.6. The number of Topliss-reactive ketones (excluding diaryl/α,β-unsaturated/α-hetero) is 1. The van der Waals surface area contributed by atoms with Gasteiger partial charge in [0.15, 0.2) is 5.78 Å². The minimum atomic E-state index is -0.739. The van der Waals surface area contributed by atoms with E-state index in [0.717, 1.165) is 58.0 Å². The van der Waals surface area contributed by atoms with E-state index in [4.69, 9.17) is 0 Å². The molecule has 230 valence electrons. The van der Waals surface area contributed by atoms with Gasteiger partial charge in [0.1, 0.15) is 12.1 Å². The van der Waals surface area contributed by atoms with Gasteiger partial charge in [-0.1, -0.05) is 13.8 Å². The molecule has 4 aliphatic rings. The highest BCUT2D eigenvalue weighted by molar-refractivity contribution is 6.01. The van der Waals surface area contributed by atoms with Crippen LogP contribution in [0.25, 0.3) is 0 Å². The monoisotopic (exact) mass is 581 g/mol. The molecule has 3 amide bonds. The van der Waals surface area contributed by atoms with Crippen LogP contribution in [0.4, 0.5) is 5.69 Å². The number of carbonyl (C=O) groups excluding carboxylic acids is 4. The number of likely N-dealkylation sites (N-methyl/N-ethyl adjacent to an activating group) is 2. The zero-order chi connectivity index (χ0) is 30.0. The second kappa shape index (κ2) is 13.1. The number of hydrogen-bond donors (Lipinski definition) is 1. The Morgan fingerprint density at radius 1 is 0.857 bits per heavy atom. The normalized spacial score (nSPS) is 24.8. The van der Waals surface area contributed by atoms with Gasteiger partial charge in [-0.3, -0.25) is 24.1 Å². The van der Waals surface area contributed by atoms with Crippen LogP contribution in [-0.2, 0) is 14.4 Å². The van der Waals surface area contributed by atoms with Crippen molar-refractivity contribution < 1.29 is 19.2 Å². The molecule has 5 rings (SSSR count). The Labute approximate surface area is 249 Å². The molecule has 1 aromatic carbocycles. The number of ketones is 1. The molecule has 0 aliphatic carbocycles. The molecule has 11 heteroatoms. The summed E-state index contributed by atoms with van der Waals surface area (Å²) < 4.78 is 0. The molecule has 3 unspecified atom stereocenters. The van der Waals surface area contributed by atoms with E-state index in [-0.39, 0.29) is 42.0 Å². The van der Waals surface area contributed by atoms with Crippen LogP contribution in [0.2, 0.25) is 0 Å². The van der Waals surface area contributed by atoms with Gasteiger partial charge in [0.25, 0.3) is 5.91 Å². The summed E-state index contributed by atoms with van der Waals surface area (Å²) in [5.41, 5.74) is 1.59. The number of likely N-dealkylation sites (tertiary alicyclic amines) is 2. The van der Waals surface area contributed by atoms with Crippen molar-refractivity contribution in [1.82, 2.24) is 29.8 Å². The van der Waals surface area contributed by atoms with Gasteiger partial charge >= 0.3 is 0 Å². The van der Waals surface area contributed by atoms with Gasteiger partial charge in [0.05, 0.1) is 19.1 Å². The smallest absolute Gasteiger partial charge is 0.251 e. The molecular weight excluding hydrogens is 534 g/mol. The molecule has 1 aromatic rings. The predicted octanol–water partition coefficient (Wildman–Crippen LogP) is 0.211. The quantitative estimate of drug-likeness (QED) is 0.466. The Bertz CT molecular complexity index is 1140. The Morgan fingerprint density at radius 2 is 1.48 bits per heavy atom. The van der Waals surface area contributed by atoms with E-state index >= 15 is 0 Å². The summed E-state index contributed by atoms with van der Waals surface area (Å²) in [4.78, 5) is 65.9. The van der Waals surface area contributed by atoms with E-state index in [2.05, 4.69) is 39.0 Å². The van der Waals surface area contributed by atoms with Crippen LogP contribution in [-0.4, -0.2) is 152 Å². The molecule has 1 N–H and O–H groups in total. The van der Waals surface area contributed by atoms with Crippen LogP contribution in [0, 0.1) is 5.92 Å². The summed E-state index contributed by atoms with van der Waals surface area (Å²) in [6.45, 7) is 12.2. The van der Waals surface area contributed by atoms with Gasteiger partial charge in [-0.2, -0.15) is 0 Å². The number of carbonyl (C=O) groups is 4. The van der Waals surface area contributed by atoms with Crippen molar-refractivity contribution in [2.45, 2.75) is 44.8 Å². The summed E-state index contributed by atoms with van der Waals surface area (Å²) in [5, 5.41) is 2.98. The van der Waals surface area contributed by atoms with E-state index in [1.807, 2.05) is 38.1 Å². The number of hydrogen-bond acceptors (Lipinski definition) is 8. The Morgan fingerprint density at radius 3 is 2.10 bits per heavy atom. The summed E-state index contributed by atoms with van der Waals surface area (Å²) in [6.07, 6.45) is 1.05. The first-order chi connectivity index (χ1) is 20.1. The van der Waals surface area contributed by atoms with E-state index < -0.39 is 12.1 Å². The predicted molar refractivity (Wildman–Crippen MR) is 161 cm³/mol. The highest BCUT2D eigenvalue weighted by atomic mass is 16.2. The molecule has 4 aliphatic heterocycles. The fraction of sp³-hybridized carbons (Fsp3) is 0.677. The fourth-order valence-electron chi connectivity index (χ4n) is 6.70. The van der Waals surface area contributed by atoms with Gasteiger partial charge in [0.2, 0.25) is 11.8 Å². The van der Waals surface area contributed by atoms with Crippen molar-refractivity contribution in [3.8, 4) is 0 Å². The Hall–Kier alpha value is -3.02. The molecule has 4 heterocycles. The summed E-state index contributed by atoms with van der Waals surface area (Å²) in [6, 6.07) is 5.90. The first-order valence-electron chi connectivity index (χ1n) is 15.5. The van der Waals surface area contributed by atoms with Crippen LogP contribution in [0.3, 0.4) is 0 Å². The van der Waals surface area contributed by atoms with E-state index in [9.17, 15) is 19.2 Å². The SMILES string of the molecule is CC(C)CC(NC(=O)c1ccc(N2CCN(C)CC2)cc1)C(=O)N1CCC2C1C(=O)CN2C(=O)CN1CCN(C)CC1. The van der Waals surface area contributed by atoms with E-state index in [1.54, 1.807) is 9.80 Å². The number of piperazine rings is 2. The van der Waals surface area contributed by atoms with Gasteiger partial charge in [0, 0.05) is 70.2 Å². The molecule has 0 bridgehead atoms. The maximum atomic E-state index is 13.9. The molecular formula is C31H47N7O4. The lowest BCUT2D eigenvalue weighted by atomic mass is 10.0. The fourth-order valence-corrected chi connectivity index (χ4v) is 6.70. The number of amides is 3. The summed E-state index contributed by atoms with van der Waals surface area (Å²) in [5.74, 6) is -0.497. The maximum Gasteiger partial charge on any atom is 0.251 e. The molecule has 4 saturated heterocycles. The van der Waals surface area contributed by atoms with Crippen LogP contribution in [0.5, 0.6) is 0 Å². The molecule has 0 aromatic heterocycles. The molecule has 0 radical (unpaired) electrons. The lowest BCUT2D eigenvalue weighted by Gasteiger charge is -2.34. The van der Waals surface area contributed by atoms with Gasteiger partial charge < -0.3 is 29.8 Å². The second-order valence-corrected chi connectivity index (χ2v) is 12.9. The third-order valence-electron chi connectivity index (χ3n) is 9.29. The maximum absolute atomic E-state index is 13.9. The van der Waals surface area contributed by atoms with Crippen LogP contribution < -0.4 is 10.2 Å². The lowest BCUT2D eigenvalue weighted by Crippen LogP contribution is -2.53. The number of nitrogens with zero attached hydrogens (tertiary/aromatic N) is 6. The first-order valence-corrected chi connectivity index (χ1v) is 15.5. The van der Waals surface area contributed by atoms with Crippen LogP contribution >= 0.6 is 0 Å². The van der Waals surface area contributed by atoms with Crippen molar-refractivity contribution >= 4 is 29.2 Å². The molecule has 0 spiro atoms. The van der Waals surface area contributed by atoms with Crippen LogP contribution in [0.15, 0.2) is 24.3 Å². The summed E-state index contributed by atoms with van der Waals surface area (Å²) >= 11 is 0. The third kappa shape index (κ3) is 6.79. The van der Waals surface area contributed by atoms with E-state index in [1.165, 1.54) is 0 Å². The standard InChI is InChI=1S/C31H47N7O4/c1-22(2)19-25(32-30(41)23-5-7-24(8-6-23)36-17-13-34(4)14-18-36)31(42)37-10-9-26-29(37)27(39)20-38(26)28(40)21-35-15-11-33(3)12-16-35/h5-8,22,25-26,29H,9-21H2,1-4H3,(H,32,41). The number of rotatable bonds is 8. The van der Waals surface area contributed by atoms with Gasteiger partial charge in [-0.25, -0.2) is 0 Å². The zero-order valence-electron chi connectivity index (χ0n) is 25.6. The first kappa shape index (κ1) is 30.4. The number of benzene rings is 1. The molecule has 4 fully saturated rings. The Balaban J connectivity index is 1.22. The average Bonchev–Trinajstić information content (AvgIpc) is 3.55. The molecule has 11 nitrogen and oxygen atoms in total. The third-order valence-corrected chi connectivity index (χ3v) is 9.29. The number of nitrogens with one attached hydrogen (secondary N) is 1. The minimum Gasteiger partial charge on any atom is -0.369 e. The highest BCUT2D eigenvalue weighted by Gasteiger charge is 2.52. The Kier molecular flexibility index (Phi) is 9.49. The van der Waals surface area contributed by atoms with Crippen molar-refractivity contribution in [2.75, 3.05) is 91.0 Å². The van der Waals surface area contributed by atoms with Gasteiger partial charge in [-0.05, 0) is 57.1 Å². The number of anilines is 1. The van der Waals surface area contributed by atoms with Crippen molar-refractivity contribution in [2.24, 2.45) is 5.92 Å². The molecule has 3 atom stereocenters. The van der Waals surface area contributed by atoms with Crippen molar-refractivity contribution in [1.29, 1.82) is 0 Å². The van der Waals surface area contributed by atoms with Crippen molar-refractivity contribution in [3.05, 3.63) is 29.8 Å². The second-order valence-electron chi connectivity index (χ2n) is 12.9. The highest BCUT2D eigenvalue weighted by Crippen LogP contribution is 2.31. The average molecular weight is 582 g/mol. The topological polar surface area (TPSA) is 99.8 Å². The van der Waals surface area contributed by atoms with Gasteiger partial charge in [-0.15, -0.1) is 0 Å². The van der Waals surface area contributed by atoms with Crippen molar-refractivity contribution in [3.63, 3.8) is 0 Å². The minimum absolute atomic E-state index is 0.0400.